The Morgan fingerprint density at radius 3 is 2.52 bits per heavy atom. The van der Waals surface area contributed by atoms with Gasteiger partial charge in [0.1, 0.15) is 11.4 Å². The summed E-state index contributed by atoms with van der Waals surface area (Å²) in [5.41, 5.74) is 0.623. The topological polar surface area (TPSA) is 71.5 Å². The van der Waals surface area contributed by atoms with Crippen LogP contribution in [0.3, 0.4) is 0 Å². The monoisotopic (exact) mass is 342 g/mol. The summed E-state index contributed by atoms with van der Waals surface area (Å²) in [4.78, 5) is 15.7. The quantitative estimate of drug-likeness (QED) is 0.846. The number of pyridine rings is 1. The summed E-state index contributed by atoms with van der Waals surface area (Å²) in [5, 5.41) is 12.9. The molecule has 23 heavy (non-hydrogen) atoms. The van der Waals surface area contributed by atoms with Crippen molar-refractivity contribution in [1.82, 2.24) is 10.3 Å². The highest BCUT2D eigenvalue weighted by molar-refractivity contribution is 6.30. The van der Waals surface area contributed by atoms with E-state index in [2.05, 4.69) is 15.0 Å². The molecule has 0 radical (unpaired) electrons. The maximum absolute atomic E-state index is 12.0. The number of benzene rings is 1. The molecule has 1 aromatic carbocycles. The van der Waals surface area contributed by atoms with Gasteiger partial charge in [0.05, 0.1) is 11.1 Å². The van der Waals surface area contributed by atoms with Crippen LogP contribution in [0.5, 0.6) is 5.75 Å². The third-order valence-electron chi connectivity index (χ3n) is 2.91. The molecule has 0 spiro atoms. The minimum atomic E-state index is -2.91. The second-order valence-corrected chi connectivity index (χ2v) is 4.97. The molecule has 2 rings (SSSR count). The Morgan fingerprint density at radius 2 is 1.96 bits per heavy atom. The first-order valence-corrected chi connectivity index (χ1v) is 6.96. The van der Waals surface area contributed by atoms with Gasteiger partial charge in [0.25, 0.3) is 5.91 Å². The van der Waals surface area contributed by atoms with Crippen LogP contribution in [0, 0.1) is 0 Å². The standard InChI is InChI=1S/C15H13ClF2N2O3/c16-10-3-6-12(19-7-10)14(22)20-8-13(21)9-1-4-11(5-2-9)23-15(17)18/h1-7,13,15,21H,8H2,(H,20,22). The number of rotatable bonds is 6. The van der Waals surface area contributed by atoms with Gasteiger partial charge in [0.2, 0.25) is 0 Å². The molecule has 0 aliphatic heterocycles. The summed E-state index contributed by atoms with van der Waals surface area (Å²) in [5.74, 6) is -0.469. The van der Waals surface area contributed by atoms with Crippen LogP contribution in [0.2, 0.25) is 5.02 Å². The minimum absolute atomic E-state index is 0.00894. The highest BCUT2D eigenvalue weighted by Gasteiger charge is 2.12. The van der Waals surface area contributed by atoms with Gasteiger partial charge in [-0.3, -0.25) is 4.79 Å². The summed E-state index contributed by atoms with van der Waals surface area (Å²) < 4.78 is 28.3. The summed E-state index contributed by atoms with van der Waals surface area (Å²) in [6.45, 7) is -2.96. The van der Waals surface area contributed by atoms with E-state index in [1.807, 2.05) is 0 Å². The Balaban J connectivity index is 1.90. The van der Waals surface area contributed by atoms with Gasteiger partial charge in [-0.1, -0.05) is 23.7 Å². The van der Waals surface area contributed by atoms with Crippen molar-refractivity contribution in [3.63, 3.8) is 0 Å². The zero-order valence-corrected chi connectivity index (χ0v) is 12.5. The van der Waals surface area contributed by atoms with Crippen LogP contribution in [0.15, 0.2) is 42.6 Å². The number of alkyl halides is 2. The number of amides is 1. The van der Waals surface area contributed by atoms with E-state index in [1.165, 1.54) is 42.6 Å². The van der Waals surface area contributed by atoms with Gasteiger partial charge in [-0.05, 0) is 29.8 Å². The Hall–Kier alpha value is -2.25. The fourth-order valence-electron chi connectivity index (χ4n) is 1.78. The molecular weight excluding hydrogens is 330 g/mol. The van der Waals surface area contributed by atoms with E-state index >= 15 is 0 Å². The first kappa shape index (κ1) is 17.1. The lowest BCUT2D eigenvalue weighted by molar-refractivity contribution is -0.0498. The molecule has 0 aliphatic rings. The maximum Gasteiger partial charge on any atom is 0.387 e. The number of halogens is 3. The molecule has 0 bridgehead atoms. The van der Waals surface area contributed by atoms with Crippen LogP contribution in [-0.2, 0) is 0 Å². The molecule has 1 atom stereocenters. The normalized spacial score (nSPS) is 12.0. The number of aromatic nitrogens is 1. The smallest absolute Gasteiger partial charge is 0.387 e. The first-order valence-electron chi connectivity index (χ1n) is 6.58. The van der Waals surface area contributed by atoms with Crippen molar-refractivity contribution in [2.45, 2.75) is 12.7 Å². The second-order valence-electron chi connectivity index (χ2n) is 4.54. The molecule has 1 aromatic heterocycles. The van der Waals surface area contributed by atoms with E-state index < -0.39 is 18.6 Å². The molecule has 1 unspecified atom stereocenters. The number of carbonyl (C=O) groups is 1. The van der Waals surface area contributed by atoms with Crippen molar-refractivity contribution >= 4 is 17.5 Å². The van der Waals surface area contributed by atoms with E-state index in [-0.39, 0.29) is 18.0 Å². The zero-order valence-electron chi connectivity index (χ0n) is 11.7. The number of hydrogen-bond donors (Lipinski definition) is 2. The molecule has 122 valence electrons. The number of aliphatic hydroxyl groups excluding tert-OH is 1. The van der Waals surface area contributed by atoms with Crippen LogP contribution in [0.25, 0.3) is 0 Å². The average Bonchev–Trinajstić information content (AvgIpc) is 2.53. The Bertz CT molecular complexity index is 651. The summed E-state index contributed by atoms with van der Waals surface area (Å²) in [7, 11) is 0. The van der Waals surface area contributed by atoms with Crippen molar-refractivity contribution in [3.05, 3.63) is 58.9 Å². The van der Waals surface area contributed by atoms with Crippen LogP contribution in [0.1, 0.15) is 22.2 Å². The van der Waals surface area contributed by atoms with Gasteiger partial charge in [-0.2, -0.15) is 8.78 Å². The molecule has 0 saturated heterocycles. The lowest BCUT2D eigenvalue weighted by Crippen LogP contribution is -2.29. The molecule has 0 aliphatic carbocycles. The van der Waals surface area contributed by atoms with Crippen molar-refractivity contribution in [3.8, 4) is 5.75 Å². The highest BCUT2D eigenvalue weighted by atomic mass is 35.5. The van der Waals surface area contributed by atoms with Gasteiger partial charge < -0.3 is 15.2 Å². The molecule has 1 heterocycles. The second kappa shape index (κ2) is 7.85. The van der Waals surface area contributed by atoms with Gasteiger partial charge in [0, 0.05) is 12.7 Å². The minimum Gasteiger partial charge on any atom is -0.435 e. The third-order valence-corrected chi connectivity index (χ3v) is 3.13. The average molecular weight is 343 g/mol. The fourth-order valence-corrected chi connectivity index (χ4v) is 1.89. The van der Waals surface area contributed by atoms with E-state index in [0.29, 0.717) is 10.6 Å². The SMILES string of the molecule is O=C(NCC(O)c1ccc(OC(F)F)cc1)c1ccc(Cl)cn1. The molecule has 0 saturated carbocycles. The Morgan fingerprint density at radius 1 is 1.26 bits per heavy atom. The van der Waals surface area contributed by atoms with E-state index in [0.717, 1.165) is 0 Å². The number of carbonyl (C=O) groups excluding carboxylic acids is 1. The van der Waals surface area contributed by atoms with Crippen LogP contribution < -0.4 is 10.1 Å². The van der Waals surface area contributed by atoms with Crippen LogP contribution in [0.4, 0.5) is 8.78 Å². The molecule has 2 N–H and O–H groups in total. The third kappa shape index (κ3) is 5.15. The lowest BCUT2D eigenvalue weighted by Gasteiger charge is -2.13. The summed E-state index contributed by atoms with van der Waals surface area (Å²) >= 11 is 5.68. The lowest BCUT2D eigenvalue weighted by atomic mass is 10.1. The van der Waals surface area contributed by atoms with Gasteiger partial charge in [-0.25, -0.2) is 4.98 Å². The predicted octanol–water partition coefficient (Wildman–Crippen LogP) is 2.80. The molecule has 0 fully saturated rings. The van der Waals surface area contributed by atoms with E-state index in [4.69, 9.17) is 11.6 Å². The maximum atomic E-state index is 12.0. The molecule has 5 nitrogen and oxygen atoms in total. The van der Waals surface area contributed by atoms with Crippen molar-refractivity contribution < 1.29 is 23.4 Å². The van der Waals surface area contributed by atoms with E-state index in [1.54, 1.807) is 0 Å². The number of ether oxygens (including phenoxy) is 1. The highest BCUT2D eigenvalue weighted by Crippen LogP contribution is 2.19. The first-order chi connectivity index (χ1) is 11.0. The van der Waals surface area contributed by atoms with Crippen molar-refractivity contribution in [2.24, 2.45) is 0 Å². The molecule has 8 heteroatoms. The van der Waals surface area contributed by atoms with Crippen molar-refractivity contribution in [1.29, 1.82) is 0 Å². The number of nitrogens with zero attached hydrogens (tertiary/aromatic N) is 1. The number of hydrogen-bond acceptors (Lipinski definition) is 4. The zero-order chi connectivity index (χ0) is 16.8. The van der Waals surface area contributed by atoms with Crippen molar-refractivity contribution in [2.75, 3.05) is 6.54 Å². The van der Waals surface area contributed by atoms with Gasteiger partial charge in [-0.15, -0.1) is 0 Å². The Kier molecular flexibility index (Phi) is 5.84. The van der Waals surface area contributed by atoms with Crippen LogP contribution in [-0.4, -0.2) is 29.2 Å². The molecule has 1 amide bonds. The number of aliphatic hydroxyl groups is 1. The van der Waals surface area contributed by atoms with Gasteiger partial charge in [0.15, 0.2) is 0 Å². The fraction of sp³-hybridized carbons (Fsp3) is 0.200. The van der Waals surface area contributed by atoms with Gasteiger partial charge >= 0.3 is 6.61 Å². The largest absolute Gasteiger partial charge is 0.435 e. The van der Waals surface area contributed by atoms with E-state index in [9.17, 15) is 18.7 Å². The van der Waals surface area contributed by atoms with Crippen LogP contribution >= 0.6 is 11.6 Å². The summed E-state index contributed by atoms with van der Waals surface area (Å²) in [6.07, 6.45) is 0.348. The summed E-state index contributed by atoms with van der Waals surface area (Å²) in [6, 6.07) is 8.49. The molecule has 2 aromatic rings. The Labute approximate surface area is 135 Å². The molecular formula is C15H13ClF2N2O3. The number of nitrogens with one attached hydrogen (secondary N) is 1. The predicted molar refractivity (Wildman–Crippen MR) is 79.6 cm³/mol.